The van der Waals surface area contributed by atoms with Gasteiger partial charge in [0.05, 0.1) is 10.7 Å². The van der Waals surface area contributed by atoms with Crippen molar-refractivity contribution in [1.29, 1.82) is 0 Å². The SMILES string of the molecule is Clc1cccn2cc(C3CCCSC3)nc12. The summed E-state index contributed by atoms with van der Waals surface area (Å²) in [6.07, 6.45) is 6.69. The maximum atomic E-state index is 6.12. The minimum atomic E-state index is 0.606. The average Bonchev–Trinajstić information content (AvgIpc) is 2.76. The van der Waals surface area contributed by atoms with Crippen LogP contribution in [0.1, 0.15) is 24.5 Å². The van der Waals surface area contributed by atoms with Crippen LogP contribution in [0.5, 0.6) is 0 Å². The van der Waals surface area contributed by atoms with E-state index in [0.29, 0.717) is 5.92 Å². The third kappa shape index (κ3) is 1.82. The van der Waals surface area contributed by atoms with E-state index in [1.165, 1.54) is 30.0 Å². The number of aromatic nitrogens is 2. The van der Waals surface area contributed by atoms with E-state index in [4.69, 9.17) is 11.6 Å². The Morgan fingerprint density at radius 3 is 3.19 bits per heavy atom. The van der Waals surface area contributed by atoms with Crippen molar-refractivity contribution in [3.8, 4) is 0 Å². The quantitative estimate of drug-likeness (QED) is 0.772. The number of nitrogens with zero attached hydrogens (tertiary/aromatic N) is 2. The van der Waals surface area contributed by atoms with Gasteiger partial charge in [0.25, 0.3) is 0 Å². The highest BCUT2D eigenvalue weighted by Gasteiger charge is 2.19. The molecule has 0 bridgehead atoms. The van der Waals surface area contributed by atoms with Gasteiger partial charge in [0, 0.05) is 24.1 Å². The van der Waals surface area contributed by atoms with E-state index >= 15 is 0 Å². The standard InChI is InChI=1S/C12H13ClN2S/c13-10-4-1-5-15-7-11(14-12(10)15)9-3-2-6-16-8-9/h1,4-5,7,9H,2-3,6,8H2. The third-order valence-electron chi connectivity index (χ3n) is 3.03. The fourth-order valence-corrected chi connectivity index (χ4v) is 3.54. The molecule has 0 aromatic carbocycles. The van der Waals surface area contributed by atoms with Gasteiger partial charge < -0.3 is 4.40 Å². The first-order valence-electron chi connectivity index (χ1n) is 5.55. The lowest BCUT2D eigenvalue weighted by molar-refractivity contribution is 0.647. The van der Waals surface area contributed by atoms with Gasteiger partial charge in [-0.05, 0) is 30.7 Å². The minimum Gasteiger partial charge on any atom is -0.306 e. The molecule has 2 aromatic heterocycles. The Kier molecular flexibility index (Phi) is 2.82. The maximum absolute atomic E-state index is 6.12. The summed E-state index contributed by atoms with van der Waals surface area (Å²) in [4.78, 5) is 4.65. The molecule has 0 spiro atoms. The van der Waals surface area contributed by atoms with E-state index in [9.17, 15) is 0 Å². The Hall–Kier alpha value is -0.670. The van der Waals surface area contributed by atoms with Crippen molar-refractivity contribution >= 4 is 29.0 Å². The number of fused-ring (bicyclic) bond motifs is 1. The van der Waals surface area contributed by atoms with E-state index in [1.807, 2.05) is 34.5 Å². The predicted octanol–water partition coefficient (Wildman–Crippen LogP) is 3.60. The Labute approximate surface area is 104 Å². The van der Waals surface area contributed by atoms with E-state index < -0.39 is 0 Å². The second-order valence-electron chi connectivity index (χ2n) is 4.17. The number of pyridine rings is 1. The molecular formula is C12H13ClN2S. The van der Waals surface area contributed by atoms with Gasteiger partial charge in [-0.25, -0.2) is 4.98 Å². The summed E-state index contributed by atoms with van der Waals surface area (Å²) < 4.78 is 2.02. The number of rotatable bonds is 1. The average molecular weight is 253 g/mol. The van der Waals surface area contributed by atoms with Crippen LogP contribution in [0.2, 0.25) is 5.02 Å². The van der Waals surface area contributed by atoms with Crippen molar-refractivity contribution in [3.05, 3.63) is 35.2 Å². The number of thioether (sulfide) groups is 1. The molecule has 0 saturated carbocycles. The monoisotopic (exact) mass is 252 g/mol. The lowest BCUT2D eigenvalue weighted by atomic mass is 10.0. The highest BCUT2D eigenvalue weighted by molar-refractivity contribution is 7.99. The Balaban J connectivity index is 2.01. The topological polar surface area (TPSA) is 17.3 Å². The van der Waals surface area contributed by atoms with Crippen LogP contribution < -0.4 is 0 Å². The molecule has 1 aliphatic rings. The predicted molar refractivity (Wildman–Crippen MR) is 69.5 cm³/mol. The second-order valence-corrected chi connectivity index (χ2v) is 5.72. The lowest BCUT2D eigenvalue weighted by Gasteiger charge is -2.18. The van der Waals surface area contributed by atoms with Gasteiger partial charge in [-0.3, -0.25) is 0 Å². The molecule has 1 atom stereocenters. The van der Waals surface area contributed by atoms with Crippen molar-refractivity contribution in [3.63, 3.8) is 0 Å². The van der Waals surface area contributed by atoms with Crippen molar-refractivity contribution in [1.82, 2.24) is 9.38 Å². The van der Waals surface area contributed by atoms with Crippen LogP contribution in [0, 0.1) is 0 Å². The first kappa shape index (κ1) is 10.5. The van der Waals surface area contributed by atoms with Gasteiger partial charge in [-0.2, -0.15) is 11.8 Å². The van der Waals surface area contributed by atoms with Crippen LogP contribution in [0.15, 0.2) is 24.5 Å². The highest BCUT2D eigenvalue weighted by Crippen LogP contribution is 2.31. The van der Waals surface area contributed by atoms with Crippen LogP contribution in [0.25, 0.3) is 5.65 Å². The van der Waals surface area contributed by atoms with Crippen LogP contribution in [-0.4, -0.2) is 20.9 Å². The number of hydrogen-bond acceptors (Lipinski definition) is 2. The largest absolute Gasteiger partial charge is 0.306 e. The van der Waals surface area contributed by atoms with E-state index in [1.54, 1.807) is 0 Å². The summed E-state index contributed by atoms with van der Waals surface area (Å²) in [7, 11) is 0. The van der Waals surface area contributed by atoms with Crippen LogP contribution in [0.4, 0.5) is 0 Å². The zero-order valence-corrected chi connectivity index (χ0v) is 10.5. The first-order valence-corrected chi connectivity index (χ1v) is 7.09. The zero-order chi connectivity index (χ0) is 11.0. The molecule has 4 heteroatoms. The summed E-state index contributed by atoms with van der Waals surface area (Å²) in [5.74, 6) is 3.10. The molecule has 2 nitrogen and oxygen atoms in total. The smallest absolute Gasteiger partial charge is 0.155 e. The van der Waals surface area contributed by atoms with Crippen molar-refractivity contribution in [2.24, 2.45) is 0 Å². The van der Waals surface area contributed by atoms with E-state index in [0.717, 1.165) is 10.7 Å². The summed E-state index contributed by atoms with van der Waals surface area (Å²) in [5, 5.41) is 0.734. The van der Waals surface area contributed by atoms with Crippen LogP contribution in [0.3, 0.4) is 0 Å². The molecule has 1 fully saturated rings. The molecule has 2 aromatic rings. The molecule has 0 N–H and O–H groups in total. The fourth-order valence-electron chi connectivity index (χ4n) is 2.17. The van der Waals surface area contributed by atoms with Crippen LogP contribution in [-0.2, 0) is 0 Å². The van der Waals surface area contributed by atoms with Crippen LogP contribution >= 0.6 is 23.4 Å². The Morgan fingerprint density at radius 1 is 1.50 bits per heavy atom. The van der Waals surface area contributed by atoms with Gasteiger partial charge in [-0.15, -0.1) is 0 Å². The number of halogens is 1. The molecule has 0 radical (unpaired) electrons. The summed E-state index contributed by atoms with van der Waals surface area (Å²) >= 11 is 8.15. The molecule has 16 heavy (non-hydrogen) atoms. The van der Waals surface area contributed by atoms with E-state index in [2.05, 4.69) is 11.2 Å². The minimum absolute atomic E-state index is 0.606. The van der Waals surface area contributed by atoms with E-state index in [-0.39, 0.29) is 0 Å². The molecule has 3 heterocycles. The van der Waals surface area contributed by atoms with Gasteiger partial charge >= 0.3 is 0 Å². The van der Waals surface area contributed by atoms with Crippen molar-refractivity contribution in [2.75, 3.05) is 11.5 Å². The highest BCUT2D eigenvalue weighted by atomic mass is 35.5. The third-order valence-corrected chi connectivity index (χ3v) is 4.54. The maximum Gasteiger partial charge on any atom is 0.155 e. The molecule has 1 unspecified atom stereocenters. The molecule has 1 aliphatic heterocycles. The molecule has 84 valence electrons. The normalized spacial score (nSPS) is 21.4. The van der Waals surface area contributed by atoms with Gasteiger partial charge in [0.15, 0.2) is 5.65 Å². The Bertz CT molecular complexity index is 503. The van der Waals surface area contributed by atoms with Gasteiger partial charge in [0.1, 0.15) is 0 Å². The summed E-state index contributed by atoms with van der Waals surface area (Å²) in [6, 6.07) is 3.85. The summed E-state index contributed by atoms with van der Waals surface area (Å²) in [6.45, 7) is 0. The molecular weight excluding hydrogens is 240 g/mol. The first-order chi connectivity index (χ1) is 7.84. The van der Waals surface area contributed by atoms with Gasteiger partial charge in [-0.1, -0.05) is 11.6 Å². The zero-order valence-electron chi connectivity index (χ0n) is 8.90. The van der Waals surface area contributed by atoms with Crippen molar-refractivity contribution < 1.29 is 0 Å². The summed E-state index contributed by atoms with van der Waals surface area (Å²) in [5.41, 5.74) is 2.08. The Morgan fingerprint density at radius 2 is 2.44 bits per heavy atom. The lowest BCUT2D eigenvalue weighted by Crippen LogP contribution is -2.08. The fraction of sp³-hybridized carbons (Fsp3) is 0.417. The molecule has 0 amide bonds. The molecule has 3 rings (SSSR count). The van der Waals surface area contributed by atoms with Gasteiger partial charge in [0.2, 0.25) is 0 Å². The molecule has 0 aliphatic carbocycles. The second kappa shape index (κ2) is 4.30. The molecule has 1 saturated heterocycles. The van der Waals surface area contributed by atoms with Crippen molar-refractivity contribution in [2.45, 2.75) is 18.8 Å². The number of hydrogen-bond donors (Lipinski definition) is 0. The number of imidazole rings is 1.